The summed E-state index contributed by atoms with van der Waals surface area (Å²) in [4.78, 5) is 16.9. The zero-order valence-electron chi connectivity index (χ0n) is 14.9. The smallest absolute Gasteiger partial charge is 0.257 e. The number of carbonyl (C=O) groups is 1. The minimum Gasteiger partial charge on any atom is -0.497 e. The van der Waals surface area contributed by atoms with E-state index in [9.17, 15) is 4.79 Å². The molecule has 140 valence electrons. The number of nitrogens with zero attached hydrogens (tertiary/aromatic N) is 1. The van der Waals surface area contributed by atoms with Crippen LogP contribution in [0.4, 0.5) is 5.13 Å². The summed E-state index contributed by atoms with van der Waals surface area (Å²) >= 11 is 6.64. The molecule has 7 nitrogen and oxygen atoms in total. The molecule has 27 heavy (non-hydrogen) atoms. The molecule has 2 aromatic carbocycles. The third-order valence-electron chi connectivity index (χ3n) is 3.66. The van der Waals surface area contributed by atoms with Crippen molar-refractivity contribution < 1.29 is 19.0 Å². The summed E-state index contributed by atoms with van der Waals surface area (Å²) in [7, 11) is 4.63. The Hall–Kier alpha value is -2.91. The number of carbonyl (C=O) groups excluding carboxylic acids is 1. The number of ether oxygens (including phenoxy) is 3. The van der Waals surface area contributed by atoms with Crippen LogP contribution in [0.25, 0.3) is 10.2 Å². The molecule has 2 N–H and O–H groups in total. The van der Waals surface area contributed by atoms with E-state index >= 15 is 0 Å². The van der Waals surface area contributed by atoms with Crippen molar-refractivity contribution in [3.05, 3.63) is 42.0 Å². The largest absolute Gasteiger partial charge is 0.497 e. The van der Waals surface area contributed by atoms with Crippen LogP contribution >= 0.6 is 23.6 Å². The molecule has 3 aromatic rings. The summed E-state index contributed by atoms with van der Waals surface area (Å²) in [6, 6.07) is 10.5. The summed E-state index contributed by atoms with van der Waals surface area (Å²) in [5.74, 6) is 1.31. The number of amides is 1. The second kappa shape index (κ2) is 8.19. The Balaban J connectivity index is 1.73. The summed E-state index contributed by atoms with van der Waals surface area (Å²) in [6.45, 7) is 0. The molecule has 0 saturated carbocycles. The number of hydrogen-bond acceptors (Lipinski definition) is 7. The Labute approximate surface area is 165 Å². The lowest BCUT2D eigenvalue weighted by molar-refractivity contribution is 0.0977. The molecular weight excluding hydrogens is 386 g/mol. The summed E-state index contributed by atoms with van der Waals surface area (Å²) in [6.07, 6.45) is 0. The van der Waals surface area contributed by atoms with Crippen LogP contribution in [0.3, 0.4) is 0 Å². The maximum atomic E-state index is 12.5. The quantitative estimate of drug-likeness (QED) is 0.632. The lowest BCUT2D eigenvalue weighted by Crippen LogP contribution is -2.34. The van der Waals surface area contributed by atoms with Gasteiger partial charge in [0.2, 0.25) is 0 Å². The van der Waals surface area contributed by atoms with E-state index in [0.29, 0.717) is 27.9 Å². The van der Waals surface area contributed by atoms with Gasteiger partial charge in [-0.2, -0.15) is 0 Å². The number of thiazole rings is 1. The molecule has 1 amide bonds. The van der Waals surface area contributed by atoms with Crippen LogP contribution in [-0.4, -0.2) is 37.3 Å². The highest BCUT2D eigenvalue weighted by atomic mass is 32.1. The molecular formula is C18H17N3O4S2. The fourth-order valence-electron chi connectivity index (χ4n) is 2.38. The van der Waals surface area contributed by atoms with Crippen LogP contribution in [-0.2, 0) is 0 Å². The van der Waals surface area contributed by atoms with Gasteiger partial charge in [-0.05, 0) is 36.5 Å². The van der Waals surface area contributed by atoms with E-state index in [0.717, 1.165) is 10.2 Å². The SMILES string of the molecule is COc1cc(OC)cc(C(=O)NC(=S)Nc2nc3c(OC)cccc3s2)c1. The van der Waals surface area contributed by atoms with Crippen LogP contribution < -0.4 is 24.8 Å². The van der Waals surface area contributed by atoms with Gasteiger partial charge < -0.3 is 19.5 Å². The first-order valence-electron chi connectivity index (χ1n) is 7.83. The van der Waals surface area contributed by atoms with Gasteiger partial charge in [-0.15, -0.1) is 0 Å². The summed E-state index contributed by atoms with van der Waals surface area (Å²) in [5.41, 5.74) is 1.10. The third-order valence-corrected chi connectivity index (χ3v) is 4.80. The van der Waals surface area contributed by atoms with Crippen LogP contribution in [0.15, 0.2) is 36.4 Å². The Morgan fingerprint density at radius 1 is 1.07 bits per heavy atom. The number of benzene rings is 2. The van der Waals surface area contributed by atoms with Gasteiger partial charge in [-0.3, -0.25) is 10.1 Å². The van der Waals surface area contributed by atoms with E-state index in [1.807, 2.05) is 18.2 Å². The van der Waals surface area contributed by atoms with Crippen molar-refractivity contribution in [1.82, 2.24) is 10.3 Å². The number of aromatic nitrogens is 1. The van der Waals surface area contributed by atoms with Gasteiger partial charge in [-0.1, -0.05) is 17.4 Å². The van der Waals surface area contributed by atoms with Crippen LogP contribution in [0.2, 0.25) is 0 Å². The second-order valence-corrected chi connectivity index (χ2v) is 6.77. The van der Waals surface area contributed by atoms with Crippen molar-refractivity contribution in [3.63, 3.8) is 0 Å². The lowest BCUT2D eigenvalue weighted by atomic mass is 10.2. The Morgan fingerprint density at radius 2 is 1.78 bits per heavy atom. The average molecular weight is 403 g/mol. The Bertz CT molecular complexity index is 981. The summed E-state index contributed by atoms with van der Waals surface area (Å²) < 4.78 is 16.6. The molecule has 0 saturated heterocycles. The van der Waals surface area contributed by atoms with E-state index in [2.05, 4.69) is 15.6 Å². The molecule has 0 aliphatic heterocycles. The number of methoxy groups -OCH3 is 3. The monoisotopic (exact) mass is 403 g/mol. The number of hydrogen-bond donors (Lipinski definition) is 2. The van der Waals surface area contributed by atoms with Crippen LogP contribution in [0, 0.1) is 0 Å². The molecule has 0 aliphatic rings. The maximum absolute atomic E-state index is 12.5. The molecule has 1 heterocycles. The zero-order valence-corrected chi connectivity index (χ0v) is 16.5. The first kappa shape index (κ1) is 18.9. The predicted octanol–water partition coefficient (Wildman–Crippen LogP) is 3.45. The minimum absolute atomic E-state index is 0.139. The second-order valence-electron chi connectivity index (χ2n) is 5.34. The number of rotatable bonds is 5. The average Bonchev–Trinajstić information content (AvgIpc) is 3.09. The fraction of sp³-hybridized carbons (Fsp3) is 0.167. The first-order chi connectivity index (χ1) is 13.0. The predicted molar refractivity (Wildman–Crippen MR) is 109 cm³/mol. The highest BCUT2D eigenvalue weighted by Gasteiger charge is 2.14. The molecule has 0 unspecified atom stereocenters. The summed E-state index contributed by atoms with van der Waals surface area (Å²) in [5, 5.41) is 6.25. The molecule has 9 heteroatoms. The van der Waals surface area contributed by atoms with Gasteiger partial charge in [0, 0.05) is 11.6 Å². The standard InChI is InChI=1S/C18H17N3O4S2/c1-23-11-7-10(8-12(9-11)24-2)16(22)20-17(26)21-18-19-15-13(25-3)5-4-6-14(15)27-18/h4-9H,1-3H3,(H2,19,20,21,22,26). The van der Waals surface area contributed by atoms with Gasteiger partial charge >= 0.3 is 0 Å². The van der Waals surface area contributed by atoms with Gasteiger partial charge in [0.25, 0.3) is 5.91 Å². The molecule has 0 bridgehead atoms. The molecule has 0 radical (unpaired) electrons. The van der Waals surface area contributed by atoms with Crippen molar-refractivity contribution in [2.75, 3.05) is 26.6 Å². The van der Waals surface area contributed by atoms with Gasteiger partial charge in [0.1, 0.15) is 22.8 Å². The van der Waals surface area contributed by atoms with Crippen molar-refractivity contribution in [2.45, 2.75) is 0 Å². The number of anilines is 1. The maximum Gasteiger partial charge on any atom is 0.257 e. The van der Waals surface area contributed by atoms with E-state index in [1.54, 1.807) is 25.3 Å². The third kappa shape index (κ3) is 4.26. The molecule has 3 rings (SSSR count). The molecule has 0 fully saturated rings. The van der Waals surface area contributed by atoms with Crippen LogP contribution in [0.5, 0.6) is 17.2 Å². The van der Waals surface area contributed by atoms with Gasteiger partial charge in [-0.25, -0.2) is 4.98 Å². The van der Waals surface area contributed by atoms with E-state index < -0.39 is 0 Å². The topological polar surface area (TPSA) is 81.7 Å². The highest BCUT2D eigenvalue weighted by molar-refractivity contribution is 7.80. The van der Waals surface area contributed by atoms with Crippen molar-refractivity contribution >= 4 is 49.9 Å². The zero-order chi connectivity index (χ0) is 19.4. The van der Waals surface area contributed by atoms with Gasteiger partial charge in [0.15, 0.2) is 10.2 Å². The normalized spacial score (nSPS) is 10.3. The van der Waals surface area contributed by atoms with E-state index in [-0.39, 0.29) is 11.0 Å². The Kier molecular flexibility index (Phi) is 5.72. The first-order valence-corrected chi connectivity index (χ1v) is 9.05. The van der Waals surface area contributed by atoms with Crippen molar-refractivity contribution in [1.29, 1.82) is 0 Å². The van der Waals surface area contributed by atoms with E-state index in [1.165, 1.54) is 25.6 Å². The molecule has 0 atom stereocenters. The molecule has 0 spiro atoms. The number of thiocarbonyl (C=S) groups is 1. The Morgan fingerprint density at radius 3 is 2.41 bits per heavy atom. The number of fused-ring (bicyclic) bond motifs is 1. The van der Waals surface area contributed by atoms with Crippen molar-refractivity contribution in [3.8, 4) is 17.2 Å². The lowest BCUT2D eigenvalue weighted by Gasteiger charge is -2.10. The minimum atomic E-state index is -0.386. The van der Waals surface area contributed by atoms with Crippen LogP contribution in [0.1, 0.15) is 10.4 Å². The molecule has 1 aromatic heterocycles. The van der Waals surface area contributed by atoms with Crippen molar-refractivity contribution in [2.24, 2.45) is 0 Å². The fourth-order valence-corrected chi connectivity index (χ4v) is 3.53. The number of nitrogens with one attached hydrogen (secondary N) is 2. The molecule has 0 aliphatic carbocycles. The van der Waals surface area contributed by atoms with E-state index in [4.69, 9.17) is 26.4 Å². The number of para-hydroxylation sites is 1. The van der Waals surface area contributed by atoms with Gasteiger partial charge in [0.05, 0.1) is 26.0 Å². The highest BCUT2D eigenvalue weighted by Crippen LogP contribution is 2.32.